The number of furan rings is 1. The molecule has 0 saturated carbocycles. The van der Waals surface area contributed by atoms with Crippen molar-refractivity contribution >= 4 is 28.1 Å². The van der Waals surface area contributed by atoms with Crippen LogP contribution in [-0.4, -0.2) is 12.1 Å². The lowest BCUT2D eigenvalue weighted by atomic mass is 10.2. The Hall–Kier alpha value is -1.95. The molecule has 20 heavy (non-hydrogen) atoms. The summed E-state index contributed by atoms with van der Waals surface area (Å²) in [4.78, 5) is 11.8. The van der Waals surface area contributed by atoms with Crippen molar-refractivity contribution in [3.8, 4) is 0 Å². The molecule has 2 rings (SSSR count). The summed E-state index contributed by atoms with van der Waals surface area (Å²) in [5.41, 5.74) is 3.03. The number of rotatable bonds is 3. The fourth-order valence-electron chi connectivity index (χ4n) is 1.68. The van der Waals surface area contributed by atoms with Gasteiger partial charge in [-0.25, -0.2) is 9.82 Å². The van der Waals surface area contributed by atoms with Gasteiger partial charge in [-0.2, -0.15) is 5.10 Å². The summed E-state index contributed by atoms with van der Waals surface area (Å²) >= 11 is 3.16. The van der Waals surface area contributed by atoms with Crippen LogP contribution >= 0.6 is 15.9 Å². The maximum atomic E-state index is 13.5. The molecule has 0 spiro atoms. The van der Waals surface area contributed by atoms with Gasteiger partial charge in [0.2, 0.25) is 0 Å². The van der Waals surface area contributed by atoms with Gasteiger partial charge in [0.25, 0.3) is 5.91 Å². The minimum Gasteiger partial charge on any atom is -0.466 e. The number of halogens is 2. The molecule has 4 nitrogen and oxygen atoms in total. The van der Waals surface area contributed by atoms with E-state index in [9.17, 15) is 9.18 Å². The van der Waals surface area contributed by atoms with Crippen molar-refractivity contribution in [1.29, 1.82) is 0 Å². The van der Waals surface area contributed by atoms with Crippen molar-refractivity contribution in [2.75, 3.05) is 0 Å². The second-order valence-corrected chi connectivity index (χ2v) is 5.11. The zero-order valence-electron chi connectivity index (χ0n) is 10.9. The summed E-state index contributed by atoms with van der Waals surface area (Å²) in [6, 6.07) is 6.20. The van der Waals surface area contributed by atoms with E-state index in [-0.39, 0.29) is 5.56 Å². The fraction of sp³-hybridized carbons (Fsp3) is 0.143. The molecule has 104 valence electrons. The van der Waals surface area contributed by atoms with Crippen LogP contribution < -0.4 is 5.43 Å². The van der Waals surface area contributed by atoms with E-state index in [1.165, 1.54) is 12.3 Å². The molecule has 1 aromatic heterocycles. The van der Waals surface area contributed by atoms with E-state index in [1.807, 2.05) is 0 Å². The largest absolute Gasteiger partial charge is 0.466 e. The van der Waals surface area contributed by atoms with Crippen molar-refractivity contribution < 1.29 is 13.6 Å². The highest BCUT2D eigenvalue weighted by atomic mass is 79.9. The van der Waals surface area contributed by atoms with Crippen LogP contribution in [0.4, 0.5) is 4.39 Å². The van der Waals surface area contributed by atoms with Gasteiger partial charge < -0.3 is 4.42 Å². The number of carbonyl (C=O) groups excluding carboxylic acids is 1. The summed E-state index contributed by atoms with van der Waals surface area (Å²) in [5.74, 6) is 0.349. The van der Waals surface area contributed by atoms with Crippen LogP contribution in [0.5, 0.6) is 0 Å². The quantitative estimate of drug-likeness (QED) is 0.687. The Morgan fingerprint density at radius 1 is 1.40 bits per heavy atom. The molecule has 0 fully saturated rings. The Labute approximate surface area is 123 Å². The number of nitrogens with zero attached hydrogens (tertiary/aromatic N) is 1. The first-order valence-corrected chi connectivity index (χ1v) is 6.62. The van der Waals surface area contributed by atoms with Gasteiger partial charge in [-0.3, -0.25) is 4.79 Å². The first-order valence-electron chi connectivity index (χ1n) is 5.83. The number of benzene rings is 1. The van der Waals surface area contributed by atoms with E-state index in [0.29, 0.717) is 21.6 Å². The van der Waals surface area contributed by atoms with Crippen LogP contribution in [0.1, 0.15) is 27.4 Å². The molecule has 2 aromatic rings. The molecule has 6 heteroatoms. The molecule has 0 aliphatic carbocycles. The summed E-state index contributed by atoms with van der Waals surface area (Å²) in [7, 11) is 0. The standard InChI is InChI=1S/C14H12BrFN2O2/c1-8-5-12(9(2)20-8)14(19)18-17-7-10-3-4-11(15)6-13(10)16/h3-7H,1-2H3,(H,18,19)/b17-7-. The third-order valence-corrected chi connectivity index (χ3v) is 3.11. The summed E-state index contributed by atoms with van der Waals surface area (Å²) < 4.78 is 19.4. The molecule has 0 bridgehead atoms. The molecule has 1 amide bonds. The monoisotopic (exact) mass is 338 g/mol. The maximum absolute atomic E-state index is 13.5. The number of hydrogen-bond acceptors (Lipinski definition) is 3. The van der Waals surface area contributed by atoms with Gasteiger partial charge in [-0.15, -0.1) is 0 Å². The number of aryl methyl sites for hydroxylation is 2. The molecule has 0 saturated heterocycles. The zero-order valence-corrected chi connectivity index (χ0v) is 12.5. The molecule has 1 heterocycles. The molecule has 0 unspecified atom stereocenters. The van der Waals surface area contributed by atoms with Gasteiger partial charge in [0.15, 0.2) is 0 Å². The highest BCUT2D eigenvalue weighted by Gasteiger charge is 2.12. The van der Waals surface area contributed by atoms with E-state index < -0.39 is 11.7 Å². The second kappa shape index (κ2) is 6.00. The topological polar surface area (TPSA) is 54.6 Å². The molecular formula is C14H12BrFN2O2. The van der Waals surface area contributed by atoms with E-state index >= 15 is 0 Å². The highest BCUT2D eigenvalue weighted by Crippen LogP contribution is 2.14. The third kappa shape index (κ3) is 3.33. The van der Waals surface area contributed by atoms with Gasteiger partial charge >= 0.3 is 0 Å². The second-order valence-electron chi connectivity index (χ2n) is 4.19. The average molecular weight is 339 g/mol. The molecule has 1 aromatic carbocycles. The average Bonchev–Trinajstić information content (AvgIpc) is 2.71. The molecule has 0 atom stereocenters. The number of amides is 1. The Balaban J connectivity index is 2.06. The lowest BCUT2D eigenvalue weighted by molar-refractivity contribution is 0.0953. The molecule has 0 radical (unpaired) electrons. The third-order valence-electron chi connectivity index (χ3n) is 2.62. The van der Waals surface area contributed by atoms with E-state index in [4.69, 9.17) is 4.42 Å². The predicted molar refractivity (Wildman–Crippen MR) is 77.3 cm³/mol. The summed E-state index contributed by atoms with van der Waals surface area (Å²) in [6.45, 7) is 3.45. The van der Waals surface area contributed by atoms with E-state index in [2.05, 4.69) is 26.5 Å². The molecule has 0 aliphatic heterocycles. The predicted octanol–water partition coefficient (Wildman–Crippen LogP) is 3.56. The number of hydrazone groups is 1. The Kier molecular flexibility index (Phi) is 4.34. The molecule has 0 aliphatic rings. The normalized spacial score (nSPS) is 11.0. The van der Waals surface area contributed by atoms with Crippen molar-refractivity contribution in [2.45, 2.75) is 13.8 Å². The SMILES string of the molecule is Cc1cc(C(=O)N/N=C\c2ccc(Br)cc2F)c(C)o1. The van der Waals surface area contributed by atoms with Gasteiger partial charge in [-0.05, 0) is 38.1 Å². The lowest BCUT2D eigenvalue weighted by Crippen LogP contribution is -2.17. The van der Waals surface area contributed by atoms with Gasteiger partial charge in [0.05, 0.1) is 11.8 Å². The number of hydrogen-bond donors (Lipinski definition) is 1. The van der Waals surface area contributed by atoms with E-state index in [1.54, 1.807) is 32.0 Å². The minimum atomic E-state index is -0.423. The number of nitrogens with one attached hydrogen (secondary N) is 1. The highest BCUT2D eigenvalue weighted by molar-refractivity contribution is 9.10. The fourth-order valence-corrected chi connectivity index (χ4v) is 2.02. The first-order chi connectivity index (χ1) is 9.47. The van der Waals surface area contributed by atoms with Gasteiger partial charge in [0.1, 0.15) is 17.3 Å². The van der Waals surface area contributed by atoms with Crippen LogP contribution in [0.2, 0.25) is 0 Å². The first kappa shape index (κ1) is 14.5. The van der Waals surface area contributed by atoms with Crippen LogP contribution in [0, 0.1) is 19.7 Å². The van der Waals surface area contributed by atoms with Crippen LogP contribution in [0.3, 0.4) is 0 Å². The number of carbonyl (C=O) groups is 1. The summed E-state index contributed by atoms with van der Waals surface area (Å²) in [5, 5.41) is 3.74. The van der Waals surface area contributed by atoms with Crippen molar-refractivity contribution in [3.05, 3.63) is 57.2 Å². The minimum absolute atomic E-state index is 0.286. The molecule has 1 N–H and O–H groups in total. The lowest BCUT2D eigenvalue weighted by Gasteiger charge is -1.99. The van der Waals surface area contributed by atoms with Crippen molar-refractivity contribution in [2.24, 2.45) is 5.10 Å². The van der Waals surface area contributed by atoms with Gasteiger partial charge in [-0.1, -0.05) is 15.9 Å². The smallest absolute Gasteiger partial charge is 0.274 e. The molecular weight excluding hydrogens is 327 g/mol. The Morgan fingerprint density at radius 3 is 2.75 bits per heavy atom. The van der Waals surface area contributed by atoms with Crippen LogP contribution in [0.25, 0.3) is 0 Å². The van der Waals surface area contributed by atoms with Crippen LogP contribution in [0.15, 0.2) is 38.3 Å². The van der Waals surface area contributed by atoms with E-state index in [0.717, 1.165) is 0 Å². The zero-order chi connectivity index (χ0) is 14.7. The summed E-state index contributed by atoms with van der Waals surface area (Å²) in [6.07, 6.45) is 1.25. The van der Waals surface area contributed by atoms with Crippen molar-refractivity contribution in [1.82, 2.24) is 5.43 Å². The maximum Gasteiger partial charge on any atom is 0.274 e. The van der Waals surface area contributed by atoms with Crippen molar-refractivity contribution in [3.63, 3.8) is 0 Å². The Bertz CT molecular complexity index is 680. The van der Waals surface area contributed by atoms with Crippen LogP contribution in [-0.2, 0) is 0 Å². The Morgan fingerprint density at radius 2 is 2.15 bits per heavy atom. The van der Waals surface area contributed by atoms with Gasteiger partial charge in [0, 0.05) is 10.0 Å².